The molecule has 0 bridgehead atoms. The minimum Gasteiger partial charge on any atom is -0.337 e. The molecule has 3 unspecified atom stereocenters. The molecule has 1 aliphatic carbocycles. The highest BCUT2D eigenvalue weighted by molar-refractivity contribution is 7.09. The van der Waals surface area contributed by atoms with E-state index in [9.17, 15) is 4.79 Å². The van der Waals surface area contributed by atoms with Crippen LogP contribution in [0.5, 0.6) is 0 Å². The molecule has 1 aromatic heterocycles. The molecule has 2 aromatic rings. The summed E-state index contributed by atoms with van der Waals surface area (Å²) in [6.07, 6.45) is 4.29. The largest absolute Gasteiger partial charge is 0.337 e. The Morgan fingerprint density at radius 2 is 2.08 bits per heavy atom. The number of hydrogen-bond donors (Lipinski definition) is 1. The average molecular weight is 341 g/mol. The van der Waals surface area contributed by atoms with Crippen molar-refractivity contribution < 1.29 is 4.79 Å². The lowest BCUT2D eigenvalue weighted by molar-refractivity contribution is 0.0778. The number of carbonyl (C=O) groups excluding carboxylic acids is 1. The van der Waals surface area contributed by atoms with Gasteiger partial charge in [-0.05, 0) is 30.2 Å². The molecule has 24 heavy (non-hydrogen) atoms. The van der Waals surface area contributed by atoms with E-state index in [4.69, 9.17) is 5.73 Å². The molecule has 1 amide bonds. The van der Waals surface area contributed by atoms with Gasteiger partial charge in [0.2, 0.25) is 0 Å². The van der Waals surface area contributed by atoms with Crippen molar-refractivity contribution >= 4 is 17.2 Å². The Morgan fingerprint density at radius 1 is 1.25 bits per heavy atom. The molecule has 0 radical (unpaired) electrons. The van der Waals surface area contributed by atoms with Gasteiger partial charge in [0.1, 0.15) is 5.69 Å². The smallest absolute Gasteiger partial charge is 0.273 e. The van der Waals surface area contributed by atoms with Gasteiger partial charge in [0, 0.05) is 30.9 Å². The number of thiazole rings is 1. The summed E-state index contributed by atoms with van der Waals surface area (Å²) in [7, 11) is 0. The van der Waals surface area contributed by atoms with Crippen molar-refractivity contribution in [3.8, 4) is 0 Å². The highest BCUT2D eigenvalue weighted by Crippen LogP contribution is 2.36. The predicted octanol–water partition coefficient (Wildman–Crippen LogP) is 2.93. The van der Waals surface area contributed by atoms with Gasteiger partial charge in [0.25, 0.3) is 5.91 Å². The van der Waals surface area contributed by atoms with Gasteiger partial charge in [0.15, 0.2) is 0 Å². The van der Waals surface area contributed by atoms with Crippen LogP contribution in [0, 0.1) is 11.8 Å². The molecule has 1 aliphatic heterocycles. The summed E-state index contributed by atoms with van der Waals surface area (Å²) in [5.74, 6) is 1.14. The monoisotopic (exact) mass is 341 g/mol. The number of likely N-dealkylation sites (tertiary alicyclic amines) is 1. The molecule has 1 saturated heterocycles. The predicted molar refractivity (Wildman–Crippen MR) is 96.1 cm³/mol. The fraction of sp³-hybridized carbons (Fsp3) is 0.474. The van der Waals surface area contributed by atoms with Crippen molar-refractivity contribution in [3.05, 3.63) is 52.0 Å². The molecule has 126 valence electrons. The number of hydrogen-bond acceptors (Lipinski definition) is 4. The molecule has 2 fully saturated rings. The first kappa shape index (κ1) is 15.8. The molecule has 2 heterocycles. The van der Waals surface area contributed by atoms with Crippen LogP contribution in [-0.4, -0.2) is 34.9 Å². The van der Waals surface area contributed by atoms with Crippen LogP contribution in [0.25, 0.3) is 0 Å². The van der Waals surface area contributed by atoms with Gasteiger partial charge >= 0.3 is 0 Å². The summed E-state index contributed by atoms with van der Waals surface area (Å²) in [6, 6.07) is 10.5. The molecule has 2 N–H and O–H groups in total. The van der Waals surface area contributed by atoms with E-state index in [0.717, 1.165) is 30.9 Å². The van der Waals surface area contributed by atoms with Gasteiger partial charge in [0.05, 0.1) is 5.01 Å². The van der Waals surface area contributed by atoms with E-state index in [-0.39, 0.29) is 11.9 Å². The Balaban J connectivity index is 1.44. The Labute approximate surface area is 146 Å². The van der Waals surface area contributed by atoms with Gasteiger partial charge in [-0.15, -0.1) is 11.3 Å². The molecule has 1 aromatic carbocycles. The standard InChI is InChI=1S/C19H23N3OS/c20-16-8-4-7-14-10-22(11-15(14)16)19(23)17-12-24-18(21-17)9-13-5-2-1-3-6-13/h1-3,5-6,12,14-16H,4,7-11,20H2. The average Bonchev–Trinajstić information content (AvgIpc) is 3.23. The lowest BCUT2D eigenvalue weighted by atomic mass is 9.78. The molecule has 0 spiro atoms. The SMILES string of the molecule is NC1CCCC2CN(C(=O)c3csc(Cc4ccccc4)n3)CC12. The van der Waals surface area contributed by atoms with E-state index in [1.54, 1.807) is 11.3 Å². The number of nitrogens with two attached hydrogens (primary N) is 1. The summed E-state index contributed by atoms with van der Waals surface area (Å²) in [5, 5.41) is 2.90. The second-order valence-electron chi connectivity index (χ2n) is 7.02. The number of carbonyl (C=O) groups is 1. The van der Waals surface area contributed by atoms with Crippen LogP contribution in [-0.2, 0) is 6.42 Å². The minimum atomic E-state index is 0.0761. The number of fused-ring (bicyclic) bond motifs is 1. The number of rotatable bonds is 3. The molecular weight excluding hydrogens is 318 g/mol. The number of aromatic nitrogens is 1. The van der Waals surface area contributed by atoms with Gasteiger partial charge in [-0.3, -0.25) is 4.79 Å². The zero-order valence-electron chi connectivity index (χ0n) is 13.7. The van der Waals surface area contributed by atoms with Gasteiger partial charge in [-0.2, -0.15) is 0 Å². The molecule has 5 heteroatoms. The lowest BCUT2D eigenvalue weighted by Crippen LogP contribution is -2.38. The quantitative estimate of drug-likeness (QED) is 0.934. The Morgan fingerprint density at radius 3 is 2.88 bits per heavy atom. The highest BCUT2D eigenvalue weighted by atomic mass is 32.1. The van der Waals surface area contributed by atoms with Crippen molar-refractivity contribution in [2.45, 2.75) is 31.7 Å². The van der Waals surface area contributed by atoms with Crippen molar-refractivity contribution in [1.29, 1.82) is 0 Å². The first-order chi connectivity index (χ1) is 11.7. The number of benzene rings is 1. The Hall–Kier alpha value is -1.72. The molecule has 4 rings (SSSR count). The van der Waals surface area contributed by atoms with Crippen LogP contribution in [0.15, 0.2) is 35.7 Å². The number of amides is 1. The molecule has 4 nitrogen and oxygen atoms in total. The first-order valence-corrected chi connectivity index (χ1v) is 9.62. The van der Waals surface area contributed by atoms with Crippen LogP contribution in [0.3, 0.4) is 0 Å². The van der Waals surface area contributed by atoms with Crippen molar-refractivity contribution in [2.24, 2.45) is 17.6 Å². The second-order valence-corrected chi connectivity index (χ2v) is 7.96. The van der Waals surface area contributed by atoms with Crippen LogP contribution < -0.4 is 5.73 Å². The maximum Gasteiger partial charge on any atom is 0.273 e. The van der Waals surface area contributed by atoms with Gasteiger partial charge < -0.3 is 10.6 Å². The highest BCUT2D eigenvalue weighted by Gasteiger charge is 2.40. The number of nitrogens with zero attached hydrogens (tertiary/aromatic N) is 2. The third-order valence-corrected chi connectivity index (χ3v) is 6.26. The minimum absolute atomic E-state index is 0.0761. The van der Waals surface area contributed by atoms with Crippen molar-refractivity contribution in [3.63, 3.8) is 0 Å². The summed E-state index contributed by atoms with van der Waals surface area (Å²) >= 11 is 1.57. The normalized spacial score (nSPS) is 26.4. The fourth-order valence-electron chi connectivity index (χ4n) is 4.11. The maximum absolute atomic E-state index is 12.8. The Kier molecular flexibility index (Phi) is 4.37. The zero-order valence-corrected chi connectivity index (χ0v) is 14.5. The fourth-order valence-corrected chi connectivity index (χ4v) is 4.91. The molecule has 1 saturated carbocycles. The van der Waals surface area contributed by atoms with Crippen molar-refractivity contribution in [2.75, 3.05) is 13.1 Å². The topological polar surface area (TPSA) is 59.2 Å². The summed E-state index contributed by atoms with van der Waals surface area (Å²) in [4.78, 5) is 19.3. The van der Waals surface area contributed by atoms with E-state index in [0.29, 0.717) is 17.5 Å². The third kappa shape index (κ3) is 3.10. The molecule has 3 atom stereocenters. The van der Waals surface area contributed by atoms with Gasteiger partial charge in [-0.25, -0.2) is 4.98 Å². The lowest BCUT2D eigenvalue weighted by Gasteiger charge is -2.29. The second kappa shape index (κ2) is 6.65. The van der Waals surface area contributed by atoms with E-state index < -0.39 is 0 Å². The van der Waals surface area contributed by atoms with E-state index in [1.165, 1.54) is 18.4 Å². The van der Waals surface area contributed by atoms with E-state index in [2.05, 4.69) is 17.1 Å². The maximum atomic E-state index is 12.8. The van der Waals surface area contributed by atoms with Crippen LogP contribution in [0.2, 0.25) is 0 Å². The van der Waals surface area contributed by atoms with Crippen LogP contribution >= 0.6 is 11.3 Å². The third-order valence-electron chi connectivity index (χ3n) is 5.41. The summed E-state index contributed by atoms with van der Waals surface area (Å²) in [5.41, 5.74) is 8.08. The van der Waals surface area contributed by atoms with Crippen LogP contribution in [0.4, 0.5) is 0 Å². The summed E-state index contributed by atoms with van der Waals surface area (Å²) < 4.78 is 0. The zero-order chi connectivity index (χ0) is 16.5. The van der Waals surface area contributed by atoms with E-state index in [1.807, 2.05) is 28.5 Å². The summed E-state index contributed by atoms with van der Waals surface area (Å²) in [6.45, 7) is 1.65. The van der Waals surface area contributed by atoms with Gasteiger partial charge in [-0.1, -0.05) is 36.8 Å². The molecule has 2 aliphatic rings. The Bertz CT molecular complexity index is 714. The first-order valence-electron chi connectivity index (χ1n) is 8.74. The van der Waals surface area contributed by atoms with Crippen LogP contribution in [0.1, 0.15) is 40.3 Å². The molecular formula is C19H23N3OS. The van der Waals surface area contributed by atoms with E-state index >= 15 is 0 Å². The van der Waals surface area contributed by atoms with Crippen molar-refractivity contribution in [1.82, 2.24) is 9.88 Å².